The van der Waals surface area contributed by atoms with Crippen molar-refractivity contribution in [3.05, 3.63) is 11.9 Å². The molecule has 3 heteroatoms. The Hall–Kier alpha value is -0.860. The van der Waals surface area contributed by atoms with Crippen LogP contribution < -0.4 is 0 Å². The van der Waals surface area contributed by atoms with E-state index in [0.717, 1.165) is 24.6 Å². The van der Waals surface area contributed by atoms with E-state index < -0.39 is 0 Å². The van der Waals surface area contributed by atoms with Crippen molar-refractivity contribution in [2.75, 3.05) is 0 Å². The highest BCUT2D eigenvalue weighted by Crippen LogP contribution is 2.12. The normalized spacial score (nSPS) is 11.5. The highest BCUT2D eigenvalue weighted by Gasteiger charge is 2.00. The average Bonchev–Trinajstić information content (AvgIpc) is 2.94. The summed E-state index contributed by atoms with van der Waals surface area (Å²) in [4.78, 5) is 0. The van der Waals surface area contributed by atoms with Crippen molar-refractivity contribution in [3.63, 3.8) is 0 Å². The van der Waals surface area contributed by atoms with Gasteiger partial charge in [0.05, 0.1) is 5.69 Å². The number of rotatable bonds is 14. The van der Waals surface area contributed by atoms with Crippen LogP contribution in [0.1, 0.15) is 97.1 Å². The van der Waals surface area contributed by atoms with Crippen molar-refractivity contribution < 1.29 is 0 Å². The lowest BCUT2D eigenvalue weighted by atomic mass is 10.0. The van der Waals surface area contributed by atoms with Gasteiger partial charge in [-0.2, -0.15) is 0 Å². The molecule has 128 valence electrons. The third kappa shape index (κ3) is 9.97. The molecule has 1 aromatic rings. The van der Waals surface area contributed by atoms with Gasteiger partial charge in [0.2, 0.25) is 0 Å². The second-order valence-corrected chi connectivity index (χ2v) is 7.09. The summed E-state index contributed by atoms with van der Waals surface area (Å²) in [6.07, 6.45) is 18.1. The lowest BCUT2D eigenvalue weighted by Crippen LogP contribution is -1.98. The van der Waals surface area contributed by atoms with E-state index in [4.69, 9.17) is 0 Å². The Labute approximate surface area is 137 Å². The molecule has 0 N–H and O–H groups in total. The largest absolute Gasteiger partial charge is 0.252 e. The van der Waals surface area contributed by atoms with Gasteiger partial charge in [-0.05, 0) is 25.2 Å². The smallest absolute Gasteiger partial charge is 0.0827 e. The first-order valence-electron chi connectivity index (χ1n) is 9.61. The Morgan fingerprint density at radius 1 is 0.909 bits per heavy atom. The molecule has 0 bridgehead atoms. The average molecular weight is 308 g/mol. The zero-order valence-electron chi connectivity index (χ0n) is 15.2. The van der Waals surface area contributed by atoms with E-state index in [-0.39, 0.29) is 0 Å². The van der Waals surface area contributed by atoms with Crippen molar-refractivity contribution in [2.24, 2.45) is 5.92 Å². The number of nitrogens with zero attached hydrogens (tertiary/aromatic N) is 3. The van der Waals surface area contributed by atoms with Crippen molar-refractivity contribution in [3.8, 4) is 0 Å². The molecule has 0 saturated carbocycles. The Kier molecular flexibility index (Phi) is 11.0. The Morgan fingerprint density at radius 2 is 1.55 bits per heavy atom. The maximum absolute atomic E-state index is 4.24. The summed E-state index contributed by atoms with van der Waals surface area (Å²) in [6, 6.07) is 0. The fourth-order valence-electron chi connectivity index (χ4n) is 2.81. The van der Waals surface area contributed by atoms with Crippen LogP contribution in [0.2, 0.25) is 0 Å². The van der Waals surface area contributed by atoms with E-state index in [1.165, 1.54) is 70.6 Å². The van der Waals surface area contributed by atoms with Crippen LogP contribution in [0, 0.1) is 5.92 Å². The molecule has 0 unspecified atom stereocenters. The standard InChI is InChI=1S/C19H37N3/c1-4-5-15-19-17-22(21-20-19)16-13-11-9-7-6-8-10-12-14-18(2)3/h17-18H,4-16H2,1-3H3. The summed E-state index contributed by atoms with van der Waals surface area (Å²) in [5, 5.41) is 8.45. The van der Waals surface area contributed by atoms with Gasteiger partial charge in [0.1, 0.15) is 0 Å². The number of hydrogen-bond donors (Lipinski definition) is 0. The summed E-state index contributed by atoms with van der Waals surface area (Å²) < 4.78 is 2.02. The minimum atomic E-state index is 0.874. The summed E-state index contributed by atoms with van der Waals surface area (Å²) in [5.74, 6) is 0.874. The molecule has 0 amide bonds. The lowest BCUT2D eigenvalue weighted by Gasteiger charge is -2.04. The van der Waals surface area contributed by atoms with Gasteiger partial charge in [-0.1, -0.05) is 83.8 Å². The van der Waals surface area contributed by atoms with Crippen LogP contribution in [0.4, 0.5) is 0 Å². The molecule has 0 aliphatic carbocycles. The second kappa shape index (κ2) is 12.7. The Bertz CT molecular complexity index is 357. The molecule has 3 nitrogen and oxygen atoms in total. The minimum absolute atomic E-state index is 0.874. The van der Waals surface area contributed by atoms with Gasteiger partial charge in [-0.3, -0.25) is 4.68 Å². The quantitative estimate of drug-likeness (QED) is 0.407. The number of unbranched alkanes of at least 4 members (excludes halogenated alkanes) is 8. The monoisotopic (exact) mass is 307 g/mol. The van der Waals surface area contributed by atoms with Gasteiger partial charge in [-0.25, -0.2) is 0 Å². The van der Waals surface area contributed by atoms with E-state index in [0.29, 0.717) is 0 Å². The summed E-state index contributed by atoms with van der Waals surface area (Å²) in [7, 11) is 0. The fraction of sp³-hybridized carbons (Fsp3) is 0.895. The molecular formula is C19H37N3. The summed E-state index contributed by atoms with van der Waals surface area (Å²) >= 11 is 0. The molecule has 0 spiro atoms. The Balaban J connectivity index is 1.90. The maximum Gasteiger partial charge on any atom is 0.0827 e. The third-order valence-corrected chi connectivity index (χ3v) is 4.29. The molecule has 0 atom stereocenters. The molecule has 0 aromatic carbocycles. The predicted octanol–water partition coefficient (Wildman–Crippen LogP) is 5.79. The molecule has 22 heavy (non-hydrogen) atoms. The molecule has 0 aliphatic heterocycles. The second-order valence-electron chi connectivity index (χ2n) is 7.09. The van der Waals surface area contributed by atoms with Gasteiger partial charge in [-0.15, -0.1) is 5.10 Å². The SMILES string of the molecule is CCCCc1cn(CCCCCCCCCCC(C)C)nn1. The van der Waals surface area contributed by atoms with Gasteiger partial charge in [0.15, 0.2) is 0 Å². The van der Waals surface area contributed by atoms with Crippen molar-refractivity contribution in [2.45, 2.75) is 104 Å². The van der Waals surface area contributed by atoms with Crippen LogP contribution in [0.15, 0.2) is 6.20 Å². The van der Waals surface area contributed by atoms with Crippen molar-refractivity contribution >= 4 is 0 Å². The number of aryl methyl sites for hydroxylation is 2. The molecule has 0 saturated heterocycles. The molecule has 1 rings (SSSR count). The topological polar surface area (TPSA) is 30.7 Å². The van der Waals surface area contributed by atoms with Crippen LogP contribution in [-0.4, -0.2) is 15.0 Å². The van der Waals surface area contributed by atoms with Gasteiger partial charge < -0.3 is 0 Å². The summed E-state index contributed by atoms with van der Waals surface area (Å²) in [5.41, 5.74) is 1.16. The highest BCUT2D eigenvalue weighted by atomic mass is 15.4. The molecule has 0 fully saturated rings. The van der Waals surface area contributed by atoms with E-state index in [9.17, 15) is 0 Å². The highest BCUT2D eigenvalue weighted by molar-refractivity contribution is 4.91. The zero-order valence-corrected chi connectivity index (χ0v) is 15.2. The van der Waals surface area contributed by atoms with Gasteiger partial charge in [0.25, 0.3) is 0 Å². The van der Waals surface area contributed by atoms with E-state index >= 15 is 0 Å². The van der Waals surface area contributed by atoms with Crippen LogP contribution in [0.25, 0.3) is 0 Å². The van der Waals surface area contributed by atoms with E-state index in [2.05, 4.69) is 37.3 Å². The van der Waals surface area contributed by atoms with Gasteiger partial charge >= 0.3 is 0 Å². The lowest BCUT2D eigenvalue weighted by molar-refractivity contribution is 0.493. The minimum Gasteiger partial charge on any atom is -0.252 e. The third-order valence-electron chi connectivity index (χ3n) is 4.29. The van der Waals surface area contributed by atoms with Crippen LogP contribution in [0.5, 0.6) is 0 Å². The molecule has 0 radical (unpaired) electrons. The molecule has 0 aliphatic rings. The van der Waals surface area contributed by atoms with Crippen molar-refractivity contribution in [1.82, 2.24) is 15.0 Å². The van der Waals surface area contributed by atoms with E-state index in [1.807, 2.05) is 4.68 Å². The molecule has 1 aromatic heterocycles. The first-order chi connectivity index (χ1) is 10.7. The first-order valence-corrected chi connectivity index (χ1v) is 9.61. The molecular weight excluding hydrogens is 270 g/mol. The fourth-order valence-corrected chi connectivity index (χ4v) is 2.81. The zero-order chi connectivity index (χ0) is 16.0. The molecule has 1 heterocycles. The van der Waals surface area contributed by atoms with E-state index in [1.54, 1.807) is 0 Å². The maximum atomic E-state index is 4.24. The van der Waals surface area contributed by atoms with Crippen molar-refractivity contribution in [1.29, 1.82) is 0 Å². The Morgan fingerprint density at radius 3 is 2.18 bits per heavy atom. The van der Waals surface area contributed by atoms with Crippen LogP contribution in [-0.2, 0) is 13.0 Å². The summed E-state index contributed by atoms with van der Waals surface area (Å²) in [6.45, 7) is 7.89. The number of hydrogen-bond acceptors (Lipinski definition) is 2. The van der Waals surface area contributed by atoms with Gasteiger partial charge in [0, 0.05) is 12.7 Å². The predicted molar refractivity (Wildman–Crippen MR) is 95.0 cm³/mol. The van der Waals surface area contributed by atoms with Crippen LogP contribution >= 0.6 is 0 Å². The first kappa shape index (κ1) is 19.2. The van der Waals surface area contributed by atoms with Crippen LogP contribution in [0.3, 0.4) is 0 Å². The number of aromatic nitrogens is 3.